The smallest absolute Gasteiger partial charge is 0.306 e. The van der Waals surface area contributed by atoms with E-state index < -0.39 is 32.6 Å². The number of thiophene rings is 1. The third kappa shape index (κ3) is 5.12. The van der Waals surface area contributed by atoms with Crippen molar-refractivity contribution < 1.29 is 17.4 Å². The summed E-state index contributed by atoms with van der Waals surface area (Å²) in [5, 5.41) is 8.35. The van der Waals surface area contributed by atoms with Gasteiger partial charge in [0.15, 0.2) is 11.0 Å². The zero-order valence-electron chi connectivity index (χ0n) is 16.4. The predicted molar refractivity (Wildman–Crippen MR) is 127 cm³/mol. The molecule has 0 aliphatic carbocycles. The van der Waals surface area contributed by atoms with Crippen LogP contribution in [0.1, 0.15) is 0 Å². The Labute approximate surface area is 198 Å². The monoisotopic (exact) mass is 523 g/mol. The summed E-state index contributed by atoms with van der Waals surface area (Å²) in [6, 6.07) is 11.1. The Hall–Kier alpha value is -3.10. The van der Waals surface area contributed by atoms with E-state index in [4.69, 9.17) is 16.7 Å². The molecule has 10 nitrogen and oxygen atoms in total. The molecule has 0 saturated carbocycles. The predicted octanol–water partition coefficient (Wildman–Crippen LogP) is 2.59. The summed E-state index contributed by atoms with van der Waals surface area (Å²) in [5.74, 6) is 0.241. The largest absolute Gasteiger partial charge is 0.331 e. The van der Waals surface area contributed by atoms with Crippen LogP contribution in [0.5, 0.6) is 0 Å². The number of nitrogens with one attached hydrogen (secondary N) is 2. The van der Waals surface area contributed by atoms with Crippen molar-refractivity contribution in [3.05, 3.63) is 75.6 Å². The third-order valence-corrected chi connectivity index (χ3v) is 7.89. The van der Waals surface area contributed by atoms with E-state index in [2.05, 4.69) is 15.0 Å². The quantitative estimate of drug-likeness (QED) is 0.365. The molecule has 3 heterocycles. The Kier molecular flexibility index (Phi) is 6.32. The van der Waals surface area contributed by atoms with E-state index in [1.807, 2.05) is 0 Å². The fraction of sp³-hybridized carbons (Fsp3) is 0. The maximum Gasteiger partial charge on any atom is 0.331 e. The van der Waals surface area contributed by atoms with Crippen LogP contribution in [-0.4, -0.2) is 28.2 Å². The summed E-state index contributed by atoms with van der Waals surface area (Å²) in [5.41, 5.74) is -0.197. The number of urea groups is 1. The van der Waals surface area contributed by atoms with Gasteiger partial charge >= 0.3 is 6.03 Å². The fourth-order valence-electron chi connectivity index (χ4n) is 2.87. The SMILES string of the molecule is NS(=O)(=O)c1ccc2ccn(-c3ccc(NC(=O)NS(=O)c4ccc(Cl)s4)cn3)c(=O)c2c1. The Morgan fingerprint density at radius 3 is 2.58 bits per heavy atom. The lowest BCUT2D eigenvalue weighted by atomic mass is 10.2. The van der Waals surface area contributed by atoms with Gasteiger partial charge in [-0.3, -0.25) is 14.1 Å². The normalized spacial score (nSPS) is 12.4. The molecule has 2 amide bonds. The summed E-state index contributed by atoms with van der Waals surface area (Å²) in [6.45, 7) is 0. The van der Waals surface area contributed by atoms with Gasteiger partial charge in [-0.05, 0) is 47.9 Å². The van der Waals surface area contributed by atoms with Crippen LogP contribution >= 0.6 is 22.9 Å². The number of sulfonamides is 1. The minimum Gasteiger partial charge on any atom is -0.306 e. The Morgan fingerprint density at radius 1 is 1.15 bits per heavy atom. The van der Waals surface area contributed by atoms with E-state index in [-0.39, 0.29) is 16.1 Å². The van der Waals surface area contributed by atoms with Gasteiger partial charge in [0.2, 0.25) is 10.0 Å². The number of amides is 2. The van der Waals surface area contributed by atoms with Gasteiger partial charge < -0.3 is 5.32 Å². The van der Waals surface area contributed by atoms with Crippen molar-refractivity contribution in [1.29, 1.82) is 0 Å². The highest BCUT2D eigenvalue weighted by Gasteiger charge is 2.13. The molecule has 0 fully saturated rings. The van der Waals surface area contributed by atoms with Crippen LogP contribution in [0.3, 0.4) is 0 Å². The van der Waals surface area contributed by atoms with Gasteiger partial charge in [0.1, 0.15) is 10.0 Å². The Bertz CT molecular complexity index is 1560. The van der Waals surface area contributed by atoms with Crippen molar-refractivity contribution in [2.24, 2.45) is 5.14 Å². The third-order valence-electron chi connectivity index (χ3n) is 4.37. The van der Waals surface area contributed by atoms with Crippen LogP contribution in [0.4, 0.5) is 10.5 Å². The molecule has 0 spiro atoms. The number of halogens is 1. The van der Waals surface area contributed by atoms with Crippen LogP contribution in [-0.2, 0) is 21.0 Å². The first-order chi connectivity index (χ1) is 15.6. The topological polar surface area (TPSA) is 153 Å². The molecule has 4 aromatic rings. The fourth-order valence-corrected chi connectivity index (χ4v) is 5.53. The number of benzene rings is 1. The van der Waals surface area contributed by atoms with Crippen molar-refractivity contribution in [2.75, 3.05) is 5.32 Å². The second kappa shape index (κ2) is 9.03. The maximum atomic E-state index is 12.9. The second-order valence-electron chi connectivity index (χ2n) is 6.57. The Morgan fingerprint density at radius 2 is 1.94 bits per heavy atom. The van der Waals surface area contributed by atoms with E-state index in [0.717, 1.165) is 11.3 Å². The highest BCUT2D eigenvalue weighted by Crippen LogP contribution is 2.23. The zero-order chi connectivity index (χ0) is 23.8. The van der Waals surface area contributed by atoms with Crippen LogP contribution in [0.15, 0.2) is 74.8 Å². The Balaban J connectivity index is 1.54. The summed E-state index contributed by atoms with van der Waals surface area (Å²) in [7, 11) is -5.74. The molecule has 33 heavy (non-hydrogen) atoms. The summed E-state index contributed by atoms with van der Waals surface area (Å²) < 4.78 is 39.7. The van der Waals surface area contributed by atoms with E-state index in [9.17, 15) is 22.2 Å². The number of nitrogens with zero attached hydrogens (tertiary/aromatic N) is 2. The first-order valence-electron chi connectivity index (χ1n) is 9.01. The highest BCUT2D eigenvalue weighted by atomic mass is 35.5. The number of carbonyl (C=O) groups is 1. The van der Waals surface area contributed by atoms with Crippen molar-refractivity contribution in [3.8, 4) is 5.82 Å². The van der Waals surface area contributed by atoms with Crippen LogP contribution in [0, 0.1) is 0 Å². The molecule has 170 valence electrons. The number of hydrogen-bond donors (Lipinski definition) is 3. The van der Waals surface area contributed by atoms with Gasteiger partial charge in [-0.15, -0.1) is 11.3 Å². The molecule has 1 unspecified atom stereocenters. The molecular weight excluding hydrogens is 510 g/mol. The number of fused-ring (bicyclic) bond motifs is 1. The lowest BCUT2D eigenvalue weighted by molar-refractivity contribution is 0.257. The number of pyridine rings is 2. The van der Waals surface area contributed by atoms with E-state index >= 15 is 0 Å². The molecule has 1 atom stereocenters. The first-order valence-corrected chi connectivity index (χ1v) is 12.9. The average Bonchev–Trinajstić information content (AvgIpc) is 3.20. The summed E-state index contributed by atoms with van der Waals surface area (Å²) >= 11 is 6.88. The average molecular weight is 524 g/mol. The van der Waals surface area contributed by atoms with Crippen molar-refractivity contribution >= 4 is 66.4 Å². The minimum absolute atomic E-state index is 0.156. The highest BCUT2D eigenvalue weighted by molar-refractivity contribution is 7.89. The zero-order valence-corrected chi connectivity index (χ0v) is 19.6. The summed E-state index contributed by atoms with van der Waals surface area (Å²) in [4.78, 5) is 29.0. The lowest BCUT2D eigenvalue weighted by Crippen LogP contribution is -2.30. The van der Waals surface area contributed by atoms with Gasteiger partial charge in [-0.25, -0.2) is 27.5 Å². The molecule has 0 aliphatic heterocycles. The molecule has 1 aromatic carbocycles. The molecule has 0 saturated heterocycles. The molecule has 0 aliphatic rings. The van der Waals surface area contributed by atoms with Crippen LogP contribution in [0.2, 0.25) is 4.34 Å². The number of nitrogens with two attached hydrogens (primary N) is 1. The molecule has 14 heteroatoms. The van der Waals surface area contributed by atoms with E-state index in [0.29, 0.717) is 19.6 Å². The van der Waals surface area contributed by atoms with Gasteiger partial charge in [-0.2, -0.15) is 0 Å². The standard InChI is InChI=1S/C19H14ClN5O5S3/c20-15-4-6-17(31-15)32(28)24-19(27)23-12-2-5-16(22-10-12)25-8-7-11-1-3-13(33(21,29)30)9-14(11)18(25)26/h1-10H,(H2,21,29,30)(H2,23,24,27). The van der Waals surface area contributed by atoms with Gasteiger partial charge in [-0.1, -0.05) is 17.7 Å². The molecule has 0 bridgehead atoms. The lowest BCUT2D eigenvalue weighted by Gasteiger charge is -2.09. The molecule has 0 radical (unpaired) electrons. The van der Waals surface area contributed by atoms with Gasteiger partial charge in [0.05, 0.1) is 21.1 Å². The number of hydrogen-bond acceptors (Lipinski definition) is 7. The van der Waals surface area contributed by atoms with Gasteiger partial charge in [0.25, 0.3) is 5.56 Å². The first kappa shape index (κ1) is 23.1. The summed E-state index contributed by atoms with van der Waals surface area (Å²) in [6.07, 6.45) is 2.82. The van der Waals surface area contributed by atoms with Crippen LogP contribution < -0.4 is 20.7 Å². The molecular formula is C19H14ClN5O5S3. The van der Waals surface area contributed by atoms with Crippen LogP contribution in [0.25, 0.3) is 16.6 Å². The second-order valence-corrected chi connectivity index (χ2v) is 11.3. The molecule has 4 N–H and O–H groups in total. The number of anilines is 1. The van der Waals surface area contributed by atoms with Crippen molar-refractivity contribution in [1.82, 2.24) is 14.3 Å². The van der Waals surface area contributed by atoms with E-state index in [1.54, 1.807) is 18.2 Å². The number of primary sulfonamides is 1. The van der Waals surface area contributed by atoms with Gasteiger partial charge in [0, 0.05) is 11.6 Å². The maximum absolute atomic E-state index is 12.9. The molecule has 4 rings (SSSR count). The van der Waals surface area contributed by atoms with E-state index in [1.165, 1.54) is 47.3 Å². The minimum atomic E-state index is -3.97. The number of rotatable bonds is 5. The van der Waals surface area contributed by atoms with Crippen molar-refractivity contribution in [2.45, 2.75) is 9.10 Å². The molecule has 3 aromatic heterocycles. The number of aromatic nitrogens is 2. The van der Waals surface area contributed by atoms with Crippen molar-refractivity contribution in [3.63, 3.8) is 0 Å². The number of carbonyl (C=O) groups excluding carboxylic acids is 1.